The minimum absolute atomic E-state index is 0.0486. The lowest BCUT2D eigenvalue weighted by atomic mass is 10.2. The van der Waals surface area contributed by atoms with Crippen LogP contribution in [0.5, 0.6) is 17.2 Å². The predicted molar refractivity (Wildman–Crippen MR) is 118 cm³/mol. The Labute approximate surface area is 182 Å². The summed E-state index contributed by atoms with van der Waals surface area (Å²) in [5, 5.41) is 34.2. The first kappa shape index (κ1) is 22.4. The summed E-state index contributed by atoms with van der Waals surface area (Å²) >= 11 is 0. The number of phenols is 2. The van der Waals surface area contributed by atoms with Gasteiger partial charge in [-0.05, 0) is 30.3 Å². The van der Waals surface area contributed by atoms with E-state index in [4.69, 9.17) is 4.74 Å². The molecule has 3 rings (SSSR count). The average molecular weight is 458 g/mol. The number of anilines is 2. The number of hydrazone groups is 1. The number of para-hydroxylation sites is 2. The summed E-state index contributed by atoms with van der Waals surface area (Å²) in [6.07, 6.45) is 1.19. The number of non-ortho nitro benzene ring substituents is 1. The minimum atomic E-state index is -4.29. The van der Waals surface area contributed by atoms with E-state index in [9.17, 15) is 28.7 Å². The van der Waals surface area contributed by atoms with Gasteiger partial charge in [-0.2, -0.15) is 5.10 Å². The van der Waals surface area contributed by atoms with Crippen LogP contribution in [0.4, 0.5) is 17.1 Å². The third-order valence-electron chi connectivity index (χ3n) is 4.22. The lowest BCUT2D eigenvalue weighted by Crippen LogP contribution is -2.15. The second-order valence-corrected chi connectivity index (χ2v) is 8.01. The summed E-state index contributed by atoms with van der Waals surface area (Å²) in [4.78, 5) is 10.0. The molecule has 0 heterocycles. The Kier molecular flexibility index (Phi) is 6.45. The number of hydrogen-bond acceptors (Lipinski definition) is 9. The van der Waals surface area contributed by atoms with E-state index in [-0.39, 0.29) is 34.2 Å². The van der Waals surface area contributed by atoms with Crippen LogP contribution in [0.2, 0.25) is 0 Å². The Morgan fingerprint density at radius 1 is 1.06 bits per heavy atom. The van der Waals surface area contributed by atoms with Crippen molar-refractivity contribution in [1.82, 2.24) is 0 Å². The molecule has 0 amide bonds. The van der Waals surface area contributed by atoms with Gasteiger partial charge in [0.15, 0.2) is 0 Å². The first-order valence-electron chi connectivity index (χ1n) is 8.96. The van der Waals surface area contributed by atoms with Crippen molar-refractivity contribution in [2.45, 2.75) is 4.90 Å². The van der Waals surface area contributed by atoms with Gasteiger partial charge in [0.25, 0.3) is 15.7 Å². The van der Waals surface area contributed by atoms with Crippen molar-refractivity contribution in [2.24, 2.45) is 5.10 Å². The molecular weight excluding hydrogens is 440 g/mol. The second kappa shape index (κ2) is 9.22. The monoisotopic (exact) mass is 458 g/mol. The summed E-state index contributed by atoms with van der Waals surface area (Å²) < 4.78 is 33.6. The molecule has 0 atom stereocenters. The predicted octanol–water partition coefficient (Wildman–Crippen LogP) is 3.26. The topological polar surface area (TPSA) is 163 Å². The second-order valence-electron chi connectivity index (χ2n) is 6.36. The highest BCUT2D eigenvalue weighted by molar-refractivity contribution is 7.93. The molecule has 4 N–H and O–H groups in total. The van der Waals surface area contributed by atoms with E-state index in [1.54, 1.807) is 18.2 Å². The molecule has 0 spiro atoms. The number of hydrogen-bond donors (Lipinski definition) is 4. The zero-order chi connectivity index (χ0) is 23.3. The zero-order valence-corrected chi connectivity index (χ0v) is 17.4. The van der Waals surface area contributed by atoms with Gasteiger partial charge in [-0.25, -0.2) is 8.42 Å². The first-order valence-corrected chi connectivity index (χ1v) is 10.4. The van der Waals surface area contributed by atoms with Crippen LogP contribution in [-0.2, 0) is 10.0 Å². The van der Waals surface area contributed by atoms with Gasteiger partial charge in [0, 0.05) is 23.8 Å². The van der Waals surface area contributed by atoms with Gasteiger partial charge in [-0.3, -0.25) is 20.3 Å². The number of nitrogens with zero attached hydrogens (tertiary/aromatic N) is 2. The van der Waals surface area contributed by atoms with Crippen LogP contribution in [0.15, 0.2) is 70.7 Å². The van der Waals surface area contributed by atoms with Crippen molar-refractivity contribution >= 4 is 33.3 Å². The lowest BCUT2D eigenvalue weighted by Gasteiger charge is -2.14. The highest BCUT2D eigenvalue weighted by Crippen LogP contribution is 2.31. The van der Waals surface area contributed by atoms with Crippen LogP contribution in [0.3, 0.4) is 0 Å². The van der Waals surface area contributed by atoms with Crippen LogP contribution in [0.1, 0.15) is 5.56 Å². The molecule has 0 unspecified atom stereocenters. The first-order chi connectivity index (χ1) is 15.2. The molecule has 3 aromatic carbocycles. The number of nitrogens with one attached hydrogen (secondary N) is 2. The standard InChI is InChI=1S/C20H18N4O7S/c1-31-19-5-3-2-4-16(19)23-32(29,30)20-10-14(24(27)28)7-9-17(20)22-21-12-13-6-8-15(25)11-18(13)26/h2-12,22-23,25-26H,1H3/b21-12+. The number of benzene rings is 3. The third-order valence-corrected chi connectivity index (χ3v) is 5.62. The molecule has 0 fully saturated rings. The largest absolute Gasteiger partial charge is 0.508 e. The Morgan fingerprint density at radius 2 is 1.81 bits per heavy atom. The van der Waals surface area contributed by atoms with Gasteiger partial charge in [0.1, 0.15) is 22.1 Å². The molecule has 0 aromatic heterocycles. The average Bonchev–Trinajstić information content (AvgIpc) is 2.75. The molecule has 0 aliphatic carbocycles. The number of nitro benzene ring substituents is 1. The molecule has 0 aliphatic rings. The molecule has 0 aliphatic heterocycles. The molecule has 0 radical (unpaired) electrons. The van der Waals surface area contributed by atoms with Gasteiger partial charge < -0.3 is 14.9 Å². The Balaban J connectivity index is 1.97. The van der Waals surface area contributed by atoms with Gasteiger partial charge in [0.2, 0.25) is 0 Å². The maximum Gasteiger partial charge on any atom is 0.270 e. The summed E-state index contributed by atoms with van der Waals surface area (Å²) in [5.41, 5.74) is 2.42. The molecule has 32 heavy (non-hydrogen) atoms. The molecule has 0 bridgehead atoms. The highest BCUT2D eigenvalue weighted by Gasteiger charge is 2.23. The summed E-state index contributed by atoms with van der Waals surface area (Å²) in [6, 6.07) is 13.3. The molecule has 11 nitrogen and oxygen atoms in total. The molecule has 12 heteroatoms. The maximum absolute atomic E-state index is 13.0. The van der Waals surface area contributed by atoms with Crippen molar-refractivity contribution in [2.75, 3.05) is 17.3 Å². The quantitative estimate of drug-likeness (QED) is 0.227. The van der Waals surface area contributed by atoms with Crippen molar-refractivity contribution in [3.8, 4) is 17.2 Å². The molecule has 166 valence electrons. The normalized spacial score (nSPS) is 11.3. The van der Waals surface area contributed by atoms with E-state index < -0.39 is 25.5 Å². The Hall–Kier alpha value is -4.32. The molecular formula is C20H18N4O7S. The van der Waals surface area contributed by atoms with Gasteiger partial charge in [0.05, 0.1) is 29.6 Å². The number of phenolic OH excluding ortho intramolecular Hbond substituents is 2. The van der Waals surface area contributed by atoms with Gasteiger partial charge in [-0.15, -0.1) is 0 Å². The Morgan fingerprint density at radius 3 is 2.50 bits per heavy atom. The fourth-order valence-corrected chi connectivity index (χ4v) is 3.93. The van der Waals surface area contributed by atoms with Crippen molar-refractivity contribution in [3.63, 3.8) is 0 Å². The smallest absolute Gasteiger partial charge is 0.270 e. The molecule has 3 aromatic rings. The van der Waals surface area contributed by atoms with E-state index in [0.29, 0.717) is 0 Å². The number of nitro groups is 1. The molecule has 0 saturated heterocycles. The van der Waals surface area contributed by atoms with E-state index in [1.807, 2.05) is 0 Å². The Bertz CT molecular complexity index is 1290. The van der Waals surface area contributed by atoms with Crippen LogP contribution in [-0.4, -0.2) is 36.9 Å². The van der Waals surface area contributed by atoms with Crippen molar-refractivity contribution in [1.29, 1.82) is 0 Å². The fourth-order valence-electron chi connectivity index (χ4n) is 2.68. The van der Waals surface area contributed by atoms with Crippen LogP contribution in [0.25, 0.3) is 0 Å². The summed E-state index contributed by atoms with van der Waals surface area (Å²) in [5.74, 6) is -0.124. The van der Waals surface area contributed by atoms with Gasteiger partial charge >= 0.3 is 0 Å². The molecule has 0 saturated carbocycles. The summed E-state index contributed by atoms with van der Waals surface area (Å²) in [7, 11) is -2.92. The van der Waals surface area contributed by atoms with E-state index in [2.05, 4.69) is 15.2 Å². The highest BCUT2D eigenvalue weighted by atomic mass is 32.2. The number of rotatable bonds is 8. The van der Waals surface area contributed by atoms with Crippen LogP contribution < -0.4 is 14.9 Å². The lowest BCUT2D eigenvalue weighted by molar-refractivity contribution is -0.385. The number of ether oxygens (including phenoxy) is 1. The van der Waals surface area contributed by atoms with E-state index >= 15 is 0 Å². The van der Waals surface area contributed by atoms with E-state index in [1.165, 1.54) is 37.6 Å². The summed E-state index contributed by atoms with van der Waals surface area (Å²) in [6.45, 7) is 0. The number of sulfonamides is 1. The van der Waals surface area contributed by atoms with Crippen LogP contribution >= 0.6 is 0 Å². The number of aromatic hydroxyl groups is 2. The van der Waals surface area contributed by atoms with Gasteiger partial charge in [-0.1, -0.05) is 12.1 Å². The fraction of sp³-hybridized carbons (Fsp3) is 0.0500. The van der Waals surface area contributed by atoms with Crippen molar-refractivity contribution < 1.29 is 28.3 Å². The van der Waals surface area contributed by atoms with Crippen LogP contribution in [0, 0.1) is 10.1 Å². The maximum atomic E-state index is 13.0. The van der Waals surface area contributed by atoms with E-state index in [0.717, 1.165) is 18.2 Å². The third kappa shape index (κ3) is 5.05. The number of methoxy groups -OCH3 is 1. The minimum Gasteiger partial charge on any atom is -0.508 e. The SMILES string of the molecule is COc1ccccc1NS(=O)(=O)c1cc([N+](=O)[O-])ccc1N/N=C/c1ccc(O)cc1O. The zero-order valence-electron chi connectivity index (χ0n) is 16.6. The van der Waals surface area contributed by atoms with Crippen molar-refractivity contribution in [3.05, 3.63) is 76.3 Å².